The van der Waals surface area contributed by atoms with Gasteiger partial charge in [0.2, 0.25) is 0 Å². The second kappa shape index (κ2) is 4.72. The summed E-state index contributed by atoms with van der Waals surface area (Å²) in [6.45, 7) is 0. The Labute approximate surface area is 162 Å². The Kier molecular flexibility index (Phi) is 2.78. The molecule has 5 atom stereocenters. The van der Waals surface area contributed by atoms with Gasteiger partial charge in [-0.2, -0.15) is 0 Å². The van der Waals surface area contributed by atoms with Crippen LogP contribution in [0.25, 0.3) is 0 Å². The molecular weight excluding hydrogens is 363 g/mol. The van der Waals surface area contributed by atoms with E-state index in [1.54, 1.807) is 0 Å². The normalized spacial score (nSPS) is 38.7. The van der Waals surface area contributed by atoms with Crippen molar-refractivity contribution in [2.24, 2.45) is 5.92 Å². The highest BCUT2D eigenvalue weighted by Gasteiger charge is 2.91. The monoisotopic (exact) mass is 378 g/mol. The molecule has 2 bridgehead atoms. The zero-order chi connectivity index (χ0) is 17.6. The van der Waals surface area contributed by atoms with E-state index in [0.717, 1.165) is 16.7 Å². The quantitative estimate of drug-likeness (QED) is 0.540. The molecule has 6 rings (SSSR count). The Balaban J connectivity index is 1.73. The molecule has 0 N–H and O–H groups in total. The maximum Gasteiger partial charge on any atom is 0.141 e. The number of ether oxygens (including phenoxy) is 1. The van der Waals surface area contributed by atoms with Crippen LogP contribution in [-0.4, -0.2) is 10.3 Å². The summed E-state index contributed by atoms with van der Waals surface area (Å²) in [5, 5.41) is -0.147. The van der Waals surface area contributed by atoms with Crippen LogP contribution in [0.3, 0.4) is 0 Å². The predicted octanol–water partition coefficient (Wildman–Crippen LogP) is 5.43. The summed E-state index contributed by atoms with van der Waals surface area (Å²) in [5.74, 6) is 0.0378. The molecule has 3 aromatic rings. The van der Waals surface area contributed by atoms with Crippen molar-refractivity contribution in [1.29, 1.82) is 0 Å². The summed E-state index contributed by atoms with van der Waals surface area (Å²) in [6, 6.07) is 29.2. The van der Waals surface area contributed by atoms with Gasteiger partial charge in [-0.15, -0.1) is 23.2 Å². The van der Waals surface area contributed by atoms with Crippen LogP contribution in [0.15, 0.2) is 84.9 Å². The van der Waals surface area contributed by atoms with Crippen LogP contribution in [0.5, 0.6) is 0 Å². The SMILES string of the molecule is Cl[C@@H]1[C@H]2[C@@]3(c4ccccc4)O[C@](c4ccccc4)(c4ccccc43)[C@@]12Cl. The average Bonchev–Trinajstić information content (AvgIpc) is 3.04. The molecule has 26 heavy (non-hydrogen) atoms. The number of alkyl halides is 2. The Morgan fingerprint density at radius 2 is 1.23 bits per heavy atom. The zero-order valence-corrected chi connectivity index (χ0v) is 15.4. The number of hydrogen-bond acceptors (Lipinski definition) is 1. The molecule has 2 aliphatic heterocycles. The van der Waals surface area contributed by atoms with Crippen molar-refractivity contribution in [3.63, 3.8) is 0 Å². The van der Waals surface area contributed by atoms with Crippen molar-refractivity contribution >= 4 is 23.2 Å². The molecule has 128 valence electrons. The van der Waals surface area contributed by atoms with Gasteiger partial charge in [0.1, 0.15) is 16.1 Å². The first-order valence-electron chi connectivity index (χ1n) is 8.91. The van der Waals surface area contributed by atoms with Crippen LogP contribution >= 0.6 is 23.2 Å². The maximum absolute atomic E-state index is 7.29. The van der Waals surface area contributed by atoms with E-state index < -0.39 is 16.1 Å². The van der Waals surface area contributed by atoms with Crippen LogP contribution in [0.4, 0.5) is 0 Å². The highest BCUT2D eigenvalue weighted by atomic mass is 35.5. The van der Waals surface area contributed by atoms with Crippen molar-refractivity contribution < 1.29 is 4.74 Å². The smallest absolute Gasteiger partial charge is 0.141 e. The van der Waals surface area contributed by atoms with Gasteiger partial charge in [-0.25, -0.2) is 0 Å². The number of rotatable bonds is 2. The van der Waals surface area contributed by atoms with Crippen molar-refractivity contribution in [3.05, 3.63) is 107 Å². The van der Waals surface area contributed by atoms with Gasteiger partial charge < -0.3 is 4.74 Å². The van der Waals surface area contributed by atoms with E-state index in [2.05, 4.69) is 60.7 Å². The van der Waals surface area contributed by atoms with Crippen molar-refractivity contribution in [1.82, 2.24) is 0 Å². The first-order chi connectivity index (χ1) is 12.7. The molecule has 0 radical (unpaired) electrons. The molecule has 0 unspecified atom stereocenters. The van der Waals surface area contributed by atoms with Gasteiger partial charge in [0, 0.05) is 5.92 Å². The Morgan fingerprint density at radius 3 is 1.88 bits per heavy atom. The minimum absolute atomic E-state index is 0.0378. The van der Waals surface area contributed by atoms with Crippen LogP contribution in [0.2, 0.25) is 0 Å². The Morgan fingerprint density at radius 1 is 0.692 bits per heavy atom. The lowest BCUT2D eigenvalue weighted by Gasteiger charge is -2.34. The number of benzene rings is 3. The van der Waals surface area contributed by atoms with Crippen LogP contribution in [0, 0.1) is 5.92 Å². The number of fused-ring (bicyclic) bond motifs is 8. The van der Waals surface area contributed by atoms with E-state index in [4.69, 9.17) is 27.9 Å². The molecule has 1 aliphatic carbocycles. The van der Waals surface area contributed by atoms with Gasteiger partial charge in [0.15, 0.2) is 0 Å². The van der Waals surface area contributed by atoms with Crippen LogP contribution in [0.1, 0.15) is 22.3 Å². The minimum atomic E-state index is -0.723. The fourth-order valence-corrected chi connectivity index (χ4v) is 6.65. The predicted molar refractivity (Wildman–Crippen MR) is 104 cm³/mol. The van der Waals surface area contributed by atoms with E-state index in [1.807, 2.05) is 24.3 Å². The van der Waals surface area contributed by atoms with E-state index in [1.165, 1.54) is 5.56 Å². The summed E-state index contributed by atoms with van der Waals surface area (Å²) >= 11 is 14.2. The van der Waals surface area contributed by atoms with Gasteiger partial charge in [0.25, 0.3) is 0 Å². The Bertz CT molecular complexity index is 1020. The molecule has 2 heterocycles. The maximum atomic E-state index is 7.29. The average molecular weight is 379 g/mol. The largest absolute Gasteiger partial charge is 0.347 e. The van der Waals surface area contributed by atoms with Gasteiger partial charge in [-0.3, -0.25) is 0 Å². The summed E-state index contributed by atoms with van der Waals surface area (Å²) in [7, 11) is 0. The molecule has 0 amide bonds. The van der Waals surface area contributed by atoms with Crippen LogP contribution in [-0.2, 0) is 15.9 Å². The fraction of sp³-hybridized carbons (Fsp3) is 0.217. The lowest BCUT2D eigenvalue weighted by molar-refractivity contribution is -0.0679. The molecule has 1 nitrogen and oxygen atoms in total. The topological polar surface area (TPSA) is 9.23 Å². The lowest BCUT2D eigenvalue weighted by Crippen LogP contribution is -2.39. The van der Waals surface area contributed by atoms with Crippen molar-refractivity contribution in [2.45, 2.75) is 21.5 Å². The van der Waals surface area contributed by atoms with E-state index in [-0.39, 0.29) is 11.3 Å². The van der Waals surface area contributed by atoms with E-state index in [9.17, 15) is 0 Å². The van der Waals surface area contributed by atoms with Gasteiger partial charge >= 0.3 is 0 Å². The summed E-state index contributed by atoms with van der Waals surface area (Å²) in [5.41, 5.74) is 3.22. The zero-order valence-electron chi connectivity index (χ0n) is 13.9. The molecular formula is C23H16Cl2O. The third-order valence-corrected chi connectivity index (χ3v) is 7.86. The summed E-state index contributed by atoms with van der Waals surface area (Å²) in [6.07, 6.45) is 0. The summed E-state index contributed by atoms with van der Waals surface area (Å²) < 4.78 is 7.01. The molecule has 3 aromatic carbocycles. The van der Waals surface area contributed by atoms with Crippen LogP contribution < -0.4 is 0 Å². The molecule has 0 aromatic heterocycles. The van der Waals surface area contributed by atoms with Gasteiger partial charge in [-0.05, 0) is 22.3 Å². The Hall–Kier alpha value is -1.80. The summed E-state index contributed by atoms with van der Waals surface area (Å²) in [4.78, 5) is -0.639. The number of halogens is 2. The van der Waals surface area contributed by atoms with E-state index in [0.29, 0.717) is 0 Å². The fourth-order valence-electron chi connectivity index (χ4n) is 5.40. The van der Waals surface area contributed by atoms with Crippen molar-refractivity contribution in [3.8, 4) is 0 Å². The highest BCUT2D eigenvalue weighted by molar-refractivity contribution is 6.39. The first kappa shape index (κ1) is 15.3. The standard InChI is InChI=1S/C23H16Cl2O/c24-20-19-21(15-9-3-1-4-10-15)17-13-7-8-14-18(17)23(26-21,22(19,20)25)16-11-5-2-6-12-16/h1-14,19-20H/t19-,20+,21-,22-,23+/m0/s1. The molecule has 3 aliphatic rings. The van der Waals surface area contributed by atoms with Gasteiger partial charge in [-0.1, -0.05) is 84.9 Å². The molecule has 2 fully saturated rings. The van der Waals surface area contributed by atoms with Crippen molar-refractivity contribution in [2.75, 3.05) is 0 Å². The number of hydrogen-bond donors (Lipinski definition) is 0. The molecule has 3 heteroatoms. The third kappa shape index (κ3) is 1.41. The van der Waals surface area contributed by atoms with Gasteiger partial charge in [0.05, 0.1) is 5.38 Å². The molecule has 1 saturated carbocycles. The minimum Gasteiger partial charge on any atom is -0.347 e. The third-order valence-electron chi connectivity index (χ3n) is 6.42. The first-order valence-corrected chi connectivity index (χ1v) is 9.73. The molecule has 0 spiro atoms. The molecule has 1 saturated heterocycles. The second-order valence-corrected chi connectivity index (χ2v) is 8.54. The highest BCUT2D eigenvalue weighted by Crippen LogP contribution is 2.83. The van der Waals surface area contributed by atoms with E-state index >= 15 is 0 Å². The lowest BCUT2D eigenvalue weighted by atomic mass is 9.71. The second-order valence-electron chi connectivity index (χ2n) is 7.44.